The van der Waals surface area contributed by atoms with E-state index in [9.17, 15) is 9.18 Å². The number of nitrogens with one attached hydrogen (secondary N) is 1. The monoisotopic (exact) mass is 360 g/mol. The van der Waals surface area contributed by atoms with Gasteiger partial charge in [0.1, 0.15) is 11.9 Å². The van der Waals surface area contributed by atoms with Gasteiger partial charge in [0.25, 0.3) is 0 Å². The Balaban J connectivity index is 1.65. The van der Waals surface area contributed by atoms with Crippen LogP contribution in [-0.2, 0) is 11.2 Å². The van der Waals surface area contributed by atoms with Gasteiger partial charge in [-0.05, 0) is 36.8 Å². The molecule has 0 aliphatic rings. The van der Waals surface area contributed by atoms with Gasteiger partial charge in [0.15, 0.2) is 0 Å². The summed E-state index contributed by atoms with van der Waals surface area (Å²) in [6.07, 6.45) is 3.28. The number of carbonyl (C=O) groups is 1. The van der Waals surface area contributed by atoms with Crippen molar-refractivity contribution in [2.24, 2.45) is 0 Å². The predicted octanol–water partition coefficient (Wildman–Crippen LogP) is 3.34. The highest BCUT2D eigenvalue weighted by atomic mass is 35.5. The summed E-state index contributed by atoms with van der Waals surface area (Å²) in [6.45, 7) is 1.73. The molecule has 1 N–H and O–H groups in total. The minimum absolute atomic E-state index is 0.0226. The van der Waals surface area contributed by atoms with E-state index >= 15 is 0 Å². The third-order valence-electron chi connectivity index (χ3n) is 3.49. The zero-order chi connectivity index (χ0) is 17.8. The molecular weight excluding hydrogens is 347 g/mol. The summed E-state index contributed by atoms with van der Waals surface area (Å²) >= 11 is 5.93. The first-order valence-electron chi connectivity index (χ1n) is 7.50. The van der Waals surface area contributed by atoms with Crippen molar-refractivity contribution in [2.75, 3.05) is 0 Å². The average molecular weight is 361 g/mol. The van der Waals surface area contributed by atoms with Gasteiger partial charge in [0, 0.05) is 23.0 Å². The molecule has 0 saturated heterocycles. The normalized spacial score (nSPS) is 12.0. The number of carbonyl (C=O) groups excluding carboxylic acids is 1. The third kappa shape index (κ3) is 4.19. The summed E-state index contributed by atoms with van der Waals surface area (Å²) in [4.78, 5) is 20.3. The number of benzene rings is 1. The molecule has 3 aromatic rings. The molecule has 0 bridgehead atoms. The Morgan fingerprint density at radius 2 is 2.08 bits per heavy atom. The van der Waals surface area contributed by atoms with E-state index in [-0.39, 0.29) is 23.2 Å². The Bertz CT molecular complexity index is 885. The maximum absolute atomic E-state index is 13.0. The van der Waals surface area contributed by atoms with Crippen molar-refractivity contribution >= 4 is 17.5 Å². The molecule has 0 aliphatic heterocycles. The Kier molecular flexibility index (Phi) is 5.04. The summed E-state index contributed by atoms with van der Waals surface area (Å²) in [5, 5.41) is 6.85. The average Bonchev–Trinajstić information content (AvgIpc) is 3.08. The number of pyridine rings is 1. The molecule has 0 aliphatic carbocycles. The fraction of sp³-hybridized carbons (Fsp3) is 0.176. The smallest absolute Gasteiger partial charge is 0.249 e. The second-order valence-electron chi connectivity index (χ2n) is 5.39. The molecule has 1 atom stereocenters. The van der Waals surface area contributed by atoms with Gasteiger partial charge in [-0.2, -0.15) is 4.98 Å². The van der Waals surface area contributed by atoms with Crippen molar-refractivity contribution in [3.05, 3.63) is 65.0 Å². The maximum Gasteiger partial charge on any atom is 0.249 e. The van der Waals surface area contributed by atoms with E-state index in [1.54, 1.807) is 31.5 Å². The fourth-order valence-corrected chi connectivity index (χ4v) is 2.46. The zero-order valence-electron chi connectivity index (χ0n) is 13.2. The topological polar surface area (TPSA) is 80.9 Å². The maximum atomic E-state index is 13.0. The van der Waals surface area contributed by atoms with Crippen molar-refractivity contribution in [3.8, 4) is 11.4 Å². The fourth-order valence-electron chi connectivity index (χ4n) is 2.22. The van der Waals surface area contributed by atoms with Gasteiger partial charge in [-0.25, -0.2) is 4.39 Å². The summed E-state index contributed by atoms with van der Waals surface area (Å²) in [7, 11) is 0. The first-order valence-corrected chi connectivity index (χ1v) is 7.88. The van der Waals surface area contributed by atoms with Gasteiger partial charge in [0.2, 0.25) is 17.6 Å². The molecule has 2 heterocycles. The zero-order valence-corrected chi connectivity index (χ0v) is 14.0. The Morgan fingerprint density at radius 1 is 1.32 bits per heavy atom. The molecule has 25 heavy (non-hydrogen) atoms. The van der Waals surface area contributed by atoms with Gasteiger partial charge in [0.05, 0.1) is 6.42 Å². The predicted molar refractivity (Wildman–Crippen MR) is 89.2 cm³/mol. The van der Waals surface area contributed by atoms with Crippen LogP contribution in [0.2, 0.25) is 5.02 Å². The van der Waals surface area contributed by atoms with Crippen LogP contribution in [-0.4, -0.2) is 21.0 Å². The number of hydrogen-bond acceptors (Lipinski definition) is 5. The number of aromatic nitrogens is 3. The number of hydrogen-bond donors (Lipinski definition) is 1. The van der Waals surface area contributed by atoms with Gasteiger partial charge >= 0.3 is 0 Å². The lowest BCUT2D eigenvalue weighted by molar-refractivity contribution is -0.121. The first kappa shape index (κ1) is 17.0. The Hall–Kier alpha value is -2.80. The molecule has 128 valence electrons. The van der Waals surface area contributed by atoms with Crippen LogP contribution in [0.4, 0.5) is 4.39 Å². The van der Waals surface area contributed by atoms with Crippen LogP contribution in [0.15, 0.2) is 47.2 Å². The van der Waals surface area contributed by atoms with Crippen molar-refractivity contribution < 1.29 is 13.7 Å². The van der Waals surface area contributed by atoms with E-state index in [2.05, 4.69) is 20.4 Å². The lowest BCUT2D eigenvalue weighted by atomic mass is 10.1. The summed E-state index contributed by atoms with van der Waals surface area (Å²) in [5.41, 5.74) is 1.30. The van der Waals surface area contributed by atoms with E-state index in [1.807, 2.05) is 0 Å². The Labute approximate surface area is 148 Å². The standard InChI is InChI=1S/C17H14ClFN4O2/c1-10(17-22-16(23-25-17)11-4-6-20-7-5-11)21-15(24)8-12-2-3-13(19)9-14(12)18/h2-7,9-10H,8H2,1H3,(H,21,24)/t10-/m1/s1. The second-order valence-corrected chi connectivity index (χ2v) is 5.80. The van der Waals surface area contributed by atoms with E-state index in [0.717, 1.165) is 5.56 Å². The highest BCUT2D eigenvalue weighted by molar-refractivity contribution is 6.31. The van der Waals surface area contributed by atoms with E-state index < -0.39 is 11.9 Å². The number of nitrogens with zero attached hydrogens (tertiary/aromatic N) is 3. The molecule has 1 amide bonds. The van der Waals surface area contributed by atoms with Crippen LogP contribution in [0.3, 0.4) is 0 Å². The molecule has 2 aromatic heterocycles. The van der Waals surface area contributed by atoms with Crippen molar-refractivity contribution in [2.45, 2.75) is 19.4 Å². The number of rotatable bonds is 5. The van der Waals surface area contributed by atoms with E-state index in [4.69, 9.17) is 16.1 Å². The molecular formula is C17H14ClFN4O2. The summed E-state index contributed by atoms with van der Waals surface area (Å²) in [5.74, 6) is -0.0351. The van der Waals surface area contributed by atoms with Crippen LogP contribution in [0.1, 0.15) is 24.4 Å². The molecule has 0 fully saturated rings. The Morgan fingerprint density at radius 3 is 2.80 bits per heavy atom. The van der Waals surface area contributed by atoms with Crippen LogP contribution >= 0.6 is 11.6 Å². The van der Waals surface area contributed by atoms with Crippen molar-refractivity contribution in [1.29, 1.82) is 0 Å². The molecule has 0 saturated carbocycles. The molecule has 3 rings (SSSR count). The SMILES string of the molecule is C[C@@H](NC(=O)Cc1ccc(F)cc1Cl)c1nc(-c2ccncc2)no1. The van der Waals surface area contributed by atoms with E-state index in [1.165, 1.54) is 18.2 Å². The minimum Gasteiger partial charge on any atom is -0.344 e. The lowest BCUT2D eigenvalue weighted by Crippen LogP contribution is -2.28. The van der Waals surface area contributed by atoms with Gasteiger partial charge in [-0.3, -0.25) is 9.78 Å². The quantitative estimate of drug-likeness (QED) is 0.754. The molecule has 0 radical (unpaired) electrons. The first-order chi connectivity index (χ1) is 12.0. The summed E-state index contributed by atoms with van der Waals surface area (Å²) in [6, 6.07) is 6.96. The summed E-state index contributed by atoms with van der Waals surface area (Å²) < 4.78 is 18.2. The van der Waals surface area contributed by atoms with Crippen LogP contribution in [0, 0.1) is 5.82 Å². The van der Waals surface area contributed by atoms with Crippen LogP contribution < -0.4 is 5.32 Å². The van der Waals surface area contributed by atoms with Gasteiger partial charge in [-0.15, -0.1) is 0 Å². The van der Waals surface area contributed by atoms with Crippen molar-refractivity contribution in [1.82, 2.24) is 20.4 Å². The van der Waals surface area contributed by atoms with E-state index in [0.29, 0.717) is 11.4 Å². The number of halogens is 2. The van der Waals surface area contributed by atoms with Crippen molar-refractivity contribution in [3.63, 3.8) is 0 Å². The largest absolute Gasteiger partial charge is 0.344 e. The third-order valence-corrected chi connectivity index (χ3v) is 3.85. The number of amides is 1. The lowest BCUT2D eigenvalue weighted by Gasteiger charge is -2.10. The van der Waals surface area contributed by atoms with Gasteiger partial charge in [-0.1, -0.05) is 22.8 Å². The molecule has 0 unspecified atom stereocenters. The van der Waals surface area contributed by atoms with Crippen LogP contribution in [0.25, 0.3) is 11.4 Å². The minimum atomic E-state index is -0.477. The molecule has 1 aromatic carbocycles. The molecule has 0 spiro atoms. The highest BCUT2D eigenvalue weighted by Crippen LogP contribution is 2.20. The highest BCUT2D eigenvalue weighted by Gasteiger charge is 2.18. The van der Waals surface area contributed by atoms with Gasteiger partial charge < -0.3 is 9.84 Å². The second kappa shape index (κ2) is 7.40. The molecule has 6 nitrogen and oxygen atoms in total. The van der Waals surface area contributed by atoms with Crippen LogP contribution in [0.5, 0.6) is 0 Å². The molecule has 8 heteroatoms.